The third kappa shape index (κ3) is 28.3. The molecule has 19 nitrogen and oxygen atoms in total. The number of unbranched alkanes of at least 4 members (excludes halogenated alkanes) is 20. The van der Waals surface area contributed by atoms with E-state index in [0.717, 1.165) is 76.4 Å². The van der Waals surface area contributed by atoms with Crippen molar-refractivity contribution in [2.45, 2.75) is 204 Å². The number of hydrogen-bond donors (Lipinski definition) is 9. The van der Waals surface area contributed by atoms with Crippen LogP contribution in [0.3, 0.4) is 0 Å². The molecule has 0 aromatic rings. The van der Waals surface area contributed by atoms with Crippen LogP contribution in [-0.2, 0) is 50.9 Å². The van der Waals surface area contributed by atoms with Gasteiger partial charge in [0, 0.05) is 12.8 Å². The van der Waals surface area contributed by atoms with Gasteiger partial charge >= 0.3 is 35.4 Å². The molecule has 0 aromatic carbocycles. The van der Waals surface area contributed by atoms with Gasteiger partial charge in [0.15, 0.2) is 6.10 Å². The first-order chi connectivity index (χ1) is 28.3. The normalized spacial score (nSPS) is 22.6. The Labute approximate surface area is 360 Å². The molecule has 8 N–H and O–H groups in total. The van der Waals surface area contributed by atoms with E-state index in [1.165, 1.54) is 57.8 Å². The van der Waals surface area contributed by atoms with E-state index in [9.17, 15) is 63.1 Å². The zero-order chi connectivity index (χ0) is 45.0. The third-order valence-electron chi connectivity index (χ3n) is 9.97. The summed E-state index contributed by atoms with van der Waals surface area (Å²) in [4.78, 5) is 72.8. The molecule has 23 heteroatoms. The van der Waals surface area contributed by atoms with Gasteiger partial charge in [-0.25, -0.2) is 13.7 Å². The van der Waals surface area contributed by atoms with Crippen LogP contribution in [-0.4, -0.2) is 113 Å². The standard InChI is InChI=1S/C37H73O19P3S/c1-2-3-4-5-6-7-8-9-10-12-16-19-22-25-31(39)53-29(27-51-30(38)24-21-18-15-13-11-14-17-20-23-26-60)28-52-59(49,50)56-35-32(40)33(41)36(54-57(43,44)45)37(34(35)42)55-58(46,47)48/h29,32-37,40-42,60H,2-28H2,1H3,(H,49,50)(H2,43,44,45)(H2,46,47,48)/t29-,32?,33-,34+,35?,36?,37+/m1/s1. The predicted octanol–water partition coefficient (Wildman–Crippen LogP) is 6.31. The monoisotopic (exact) mass is 946 g/mol. The van der Waals surface area contributed by atoms with Gasteiger partial charge in [-0.1, -0.05) is 129 Å². The molecule has 1 fully saturated rings. The Hall–Kier alpha value is -0.500. The lowest BCUT2D eigenvalue weighted by Crippen LogP contribution is -2.65. The number of hydrogen-bond acceptors (Lipinski definition) is 15. The van der Waals surface area contributed by atoms with Gasteiger partial charge in [0.1, 0.15) is 43.2 Å². The van der Waals surface area contributed by atoms with Gasteiger partial charge < -0.3 is 49.3 Å². The first-order valence-electron chi connectivity index (χ1n) is 21.4. The van der Waals surface area contributed by atoms with Crippen molar-refractivity contribution in [3.8, 4) is 0 Å². The van der Waals surface area contributed by atoms with Crippen molar-refractivity contribution in [1.29, 1.82) is 0 Å². The van der Waals surface area contributed by atoms with Crippen molar-refractivity contribution in [2.75, 3.05) is 19.0 Å². The van der Waals surface area contributed by atoms with E-state index in [-0.39, 0.29) is 12.8 Å². The molecular weight excluding hydrogens is 873 g/mol. The summed E-state index contributed by atoms with van der Waals surface area (Å²) in [7, 11) is -16.6. The average Bonchev–Trinajstić information content (AvgIpc) is 3.16. The molecule has 0 aromatic heterocycles. The number of thiol groups is 1. The predicted molar refractivity (Wildman–Crippen MR) is 224 cm³/mol. The number of aliphatic hydroxyl groups is 3. The number of carbonyl (C=O) groups is 2. The topological polar surface area (TPSA) is 303 Å². The second kappa shape index (κ2) is 32.2. The Morgan fingerprint density at radius 1 is 0.517 bits per heavy atom. The maximum absolute atomic E-state index is 13.0. The first-order valence-corrected chi connectivity index (χ1v) is 26.6. The number of rotatable bonds is 37. The SMILES string of the molecule is CCCCCCCCCCCCCCCC(=O)O[C@H](COC(=O)CCCCCCCCCCCS)COP(=O)(O)OC1C(O)[C@@H](O)C(OP(=O)(O)O)[C@@H](OP(=O)(O)O)[C@H]1O. The van der Waals surface area contributed by atoms with Crippen LogP contribution in [0.4, 0.5) is 0 Å². The van der Waals surface area contributed by atoms with Crippen molar-refractivity contribution in [1.82, 2.24) is 0 Å². The number of phosphoric ester groups is 3. The molecular formula is C37H73O19P3S. The number of phosphoric acid groups is 3. The molecule has 0 saturated heterocycles. The molecule has 8 atom stereocenters. The van der Waals surface area contributed by atoms with Crippen LogP contribution in [0.15, 0.2) is 0 Å². The van der Waals surface area contributed by atoms with Crippen molar-refractivity contribution in [3.05, 3.63) is 0 Å². The molecule has 0 radical (unpaired) electrons. The van der Waals surface area contributed by atoms with Crippen LogP contribution in [0.5, 0.6) is 0 Å². The highest BCUT2D eigenvalue weighted by Gasteiger charge is 2.56. The molecule has 1 rings (SSSR count). The van der Waals surface area contributed by atoms with Gasteiger partial charge in [0.2, 0.25) is 0 Å². The van der Waals surface area contributed by atoms with E-state index in [0.29, 0.717) is 12.8 Å². The summed E-state index contributed by atoms with van der Waals surface area (Å²) >= 11 is 4.22. The Balaban J connectivity index is 2.79. The number of esters is 2. The summed E-state index contributed by atoms with van der Waals surface area (Å²) in [6, 6.07) is 0. The van der Waals surface area contributed by atoms with E-state index in [1.54, 1.807) is 0 Å². The smallest absolute Gasteiger partial charge is 0.462 e. The van der Waals surface area contributed by atoms with Crippen molar-refractivity contribution >= 4 is 48.0 Å². The largest absolute Gasteiger partial charge is 0.472 e. The first kappa shape index (κ1) is 57.5. The molecule has 1 aliphatic rings. The van der Waals surface area contributed by atoms with Gasteiger partial charge in [0.25, 0.3) is 0 Å². The summed E-state index contributed by atoms with van der Waals surface area (Å²) in [5, 5.41) is 31.8. The minimum absolute atomic E-state index is 0.00182. The summed E-state index contributed by atoms with van der Waals surface area (Å²) < 4.78 is 65.2. The highest BCUT2D eigenvalue weighted by atomic mass is 32.1. The Bertz CT molecular complexity index is 1300. The lowest BCUT2D eigenvalue weighted by Gasteiger charge is -2.44. The highest BCUT2D eigenvalue weighted by molar-refractivity contribution is 7.80. The van der Waals surface area contributed by atoms with E-state index in [2.05, 4.69) is 28.6 Å². The summed E-state index contributed by atoms with van der Waals surface area (Å²) in [5.41, 5.74) is 0. The fraction of sp³-hybridized carbons (Fsp3) is 0.946. The van der Waals surface area contributed by atoms with Gasteiger partial charge in [-0.15, -0.1) is 0 Å². The molecule has 356 valence electrons. The number of ether oxygens (including phenoxy) is 2. The molecule has 0 aliphatic heterocycles. The lowest BCUT2D eigenvalue weighted by atomic mass is 9.85. The zero-order valence-electron chi connectivity index (χ0n) is 35.0. The Morgan fingerprint density at radius 2 is 0.900 bits per heavy atom. The van der Waals surface area contributed by atoms with Crippen LogP contribution < -0.4 is 0 Å². The van der Waals surface area contributed by atoms with Crippen LogP contribution in [0.1, 0.15) is 161 Å². The molecule has 60 heavy (non-hydrogen) atoms. The summed E-state index contributed by atoms with van der Waals surface area (Å²) in [6.07, 6.45) is 7.07. The van der Waals surface area contributed by atoms with Crippen LogP contribution in [0.2, 0.25) is 0 Å². The van der Waals surface area contributed by atoms with Gasteiger partial charge in [0.05, 0.1) is 6.61 Å². The van der Waals surface area contributed by atoms with E-state index in [4.69, 9.17) is 18.5 Å². The number of carbonyl (C=O) groups excluding carboxylic acids is 2. The van der Waals surface area contributed by atoms with E-state index < -0.39 is 91.3 Å². The van der Waals surface area contributed by atoms with Crippen molar-refractivity contribution in [2.24, 2.45) is 0 Å². The molecule has 1 saturated carbocycles. The van der Waals surface area contributed by atoms with Gasteiger partial charge in [-0.2, -0.15) is 12.6 Å². The minimum atomic E-state index is -5.59. The maximum Gasteiger partial charge on any atom is 0.472 e. The van der Waals surface area contributed by atoms with E-state index in [1.807, 2.05) is 0 Å². The maximum atomic E-state index is 13.0. The van der Waals surface area contributed by atoms with E-state index >= 15 is 0 Å². The average molecular weight is 947 g/mol. The zero-order valence-corrected chi connectivity index (χ0v) is 38.6. The second-order valence-electron chi connectivity index (χ2n) is 15.4. The molecule has 0 heterocycles. The fourth-order valence-electron chi connectivity index (χ4n) is 6.74. The van der Waals surface area contributed by atoms with Crippen LogP contribution in [0, 0.1) is 0 Å². The van der Waals surface area contributed by atoms with Crippen molar-refractivity contribution in [3.63, 3.8) is 0 Å². The summed E-state index contributed by atoms with van der Waals surface area (Å²) in [6.45, 7) is 0.723. The Morgan fingerprint density at radius 3 is 1.33 bits per heavy atom. The van der Waals surface area contributed by atoms with Crippen LogP contribution >= 0.6 is 36.1 Å². The lowest BCUT2D eigenvalue weighted by molar-refractivity contribution is -0.213. The quantitative estimate of drug-likeness (QED) is 0.0143. The minimum Gasteiger partial charge on any atom is -0.462 e. The van der Waals surface area contributed by atoms with Gasteiger partial charge in [-0.3, -0.25) is 27.7 Å². The molecule has 0 spiro atoms. The summed E-state index contributed by atoms with van der Waals surface area (Å²) in [5.74, 6) is -0.415. The molecule has 4 unspecified atom stereocenters. The second-order valence-corrected chi connectivity index (χ2v) is 19.6. The van der Waals surface area contributed by atoms with Crippen molar-refractivity contribution < 1.29 is 90.6 Å². The van der Waals surface area contributed by atoms with Crippen LogP contribution in [0.25, 0.3) is 0 Å². The third-order valence-corrected chi connectivity index (χ3v) is 12.3. The van der Waals surface area contributed by atoms with Gasteiger partial charge in [-0.05, 0) is 25.0 Å². The highest BCUT2D eigenvalue weighted by Crippen LogP contribution is 2.51. The molecule has 1 aliphatic carbocycles. The fourth-order valence-corrected chi connectivity index (χ4v) is 9.06. The molecule has 0 amide bonds. The Kier molecular flexibility index (Phi) is 30.9. The molecule has 0 bridgehead atoms. The number of aliphatic hydroxyl groups excluding tert-OH is 3.